The number of unbranched alkanes of at least 4 members (excludes halogenated alkanes) is 9. The average molecular weight is 519 g/mol. The van der Waals surface area contributed by atoms with E-state index < -0.39 is 24.3 Å². The summed E-state index contributed by atoms with van der Waals surface area (Å²) >= 11 is 0. The lowest BCUT2D eigenvalue weighted by molar-refractivity contribution is -0.226. The second-order valence-electron chi connectivity index (χ2n) is 10.6. The van der Waals surface area contributed by atoms with E-state index >= 15 is 0 Å². The van der Waals surface area contributed by atoms with E-state index in [1.165, 1.54) is 51.4 Å². The van der Waals surface area contributed by atoms with Crippen molar-refractivity contribution in [1.82, 2.24) is 0 Å². The average Bonchev–Trinajstić information content (AvgIpc) is 3.35. The van der Waals surface area contributed by atoms with Gasteiger partial charge in [-0.05, 0) is 45.7 Å². The molecule has 2 fully saturated rings. The van der Waals surface area contributed by atoms with Crippen LogP contribution >= 0.6 is 0 Å². The van der Waals surface area contributed by atoms with Gasteiger partial charge >= 0.3 is 6.09 Å². The van der Waals surface area contributed by atoms with E-state index in [0.29, 0.717) is 18.0 Å². The minimum absolute atomic E-state index is 0.367. The summed E-state index contributed by atoms with van der Waals surface area (Å²) < 4.78 is 24.4. The molecule has 8 heteroatoms. The Bertz CT molecular complexity index is 874. The number of para-hydroxylation sites is 1. The van der Waals surface area contributed by atoms with Gasteiger partial charge in [0, 0.05) is 12.3 Å². The summed E-state index contributed by atoms with van der Waals surface area (Å²) in [5.74, 6) is -0.751. The van der Waals surface area contributed by atoms with Crippen LogP contribution in [0.1, 0.15) is 97.5 Å². The first-order valence-corrected chi connectivity index (χ1v) is 14.0. The van der Waals surface area contributed by atoms with Crippen molar-refractivity contribution in [3.63, 3.8) is 0 Å². The Balaban J connectivity index is 1.42. The van der Waals surface area contributed by atoms with Crippen molar-refractivity contribution in [2.45, 2.75) is 129 Å². The van der Waals surface area contributed by atoms with E-state index in [1.54, 1.807) is 13.0 Å². The van der Waals surface area contributed by atoms with E-state index in [4.69, 9.17) is 23.8 Å². The van der Waals surface area contributed by atoms with Crippen molar-refractivity contribution in [2.24, 2.45) is 5.16 Å². The first-order valence-electron chi connectivity index (χ1n) is 14.0. The molecule has 1 aromatic rings. The van der Waals surface area contributed by atoms with Crippen molar-refractivity contribution < 1.29 is 28.6 Å². The van der Waals surface area contributed by atoms with Crippen molar-refractivity contribution >= 4 is 17.5 Å². The molecule has 0 bridgehead atoms. The largest absolute Gasteiger partial charge is 0.437 e. The van der Waals surface area contributed by atoms with Crippen molar-refractivity contribution in [3.05, 3.63) is 29.8 Å². The molecule has 2 heterocycles. The highest BCUT2D eigenvalue weighted by molar-refractivity contribution is 5.89. The molecule has 1 N–H and O–H groups in total. The van der Waals surface area contributed by atoms with Gasteiger partial charge < -0.3 is 18.9 Å². The maximum absolute atomic E-state index is 12.2. The van der Waals surface area contributed by atoms with Crippen LogP contribution in [-0.4, -0.2) is 48.8 Å². The molecule has 37 heavy (non-hydrogen) atoms. The molecule has 2 saturated heterocycles. The van der Waals surface area contributed by atoms with Gasteiger partial charge in [0.15, 0.2) is 12.1 Å². The van der Waals surface area contributed by atoms with Gasteiger partial charge in [0.05, 0.1) is 5.71 Å². The summed E-state index contributed by atoms with van der Waals surface area (Å²) in [6.07, 6.45) is 10.2. The predicted octanol–water partition coefficient (Wildman–Crippen LogP) is 7.10. The zero-order chi connectivity index (χ0) is 26.7. The number of anilines is 1. The monoisotopic (exact) mass is 518 g/mol. The number of nitrogens with one attached hydrogen (secondary N) is 1. The predicted molar refractivity (Wildman–Crippen MR) is 145 cm³/mol. The highest BCUT2D eigenvalue weighted by Gasteiger charge is 2.56. The highest BCUT2D eigenvalue weighted by Crippen LogP contribution is 2.39. The number of rotatable bonds is 15. The lowest BCUT2D eigenvalue weighted by Gasteiger charge is -2.24. The van der Waals surface area contributed by atoms with Crippen LogP contribution < -0.4 is 5.32 Å². The Kier molecular flexibility index (Phi) is 11.8. The highest BCUT2D eigenvalue weighted by atomic mass is 16.8. The minimum Gasteiger partial charge on any atom is -0.350 e. The van der Waals surface area contributed by atoms with Crippen molar-refractivity contribution in [1.29, 1.82) is 0 Å². The number of hydrogen-bond donors (Lipinski definition) is 1. The minimum atomic E-state index is -0.751. The lowest BCUT2D eigenvalue weighted by atomic mass is 10.1. The third-order valence-corrected chi connectivity index (χ3v) is 6.86. The van der Waals surface area contributed by atoms with Crippen LogP contribution in [-0.2, 0) is 23.8 Å². The zero-order valence-corrected chi connectivity index (χ0v) is 23.3. The zero-order valence-electron chi connectivity index (χ0n) is 23.3. The Morgan fingerprint density at radius 2 is 1.59 bits per heavy atom. The molecule has 1 aromatic carbocycles. The van der Waals surface area contributed by atoms with Crippen LogP contribution in [0.4, 0.5) is 10.5 Å². The molecule has 1 amide bonds. The van der Waals surface area contributed by atoms with Crippen LogP contribution in [0.5, 0.6) is 0 Å². The van der Waals surface area contributed by atoms with Crippen molar-refractivity contribution in [3.8, 4) is 0 Å². The fraction of sp³-hybridized carbons (Fsp3) is 0.724. The molecule has 0 saturated carbocycles. The molecule has 3 rings (SSSR count). The smallest absolute Gasteiger partial charge is 0.350 e. The SMILES string of the molecule is CCCCCCCCCCCCO[C@H]1O[C@H](/C(C)=N/OC(=O)Nc2ccccc2C)[C@@H]2OC(C)(C)O[C@H]12. The van der Waals surface area contributed by atoms with E-state index in [2.05, 4.69) is 17.4 Å². The van der Waals surface area contributed by atoms with Gasteiger partial charge in [0.25, 0.3) is 0 Å². The van der Waals surface area contributed by atoms with E-state index in [1.807, 2.05) is 39.0 Å². The Labute approximate surface area is 222 Å². The Morgan fingerprint density at radius 3 is 2.27 bits per heavy atom. The van der Waals surface area contributed by atoms with E-state index in [-0.39, 0.29) is 12.2 Å². The van der Waals surface area contributed by atoms with E-state index in [0.717, 1.165) is 18.4 Å². The molecule has 0 aromatic heterocycles. The Hall–Kier alpha value is -2.00. The summed E-state index contributed by atoms with van der Waals surface area (Å²) in [5, 5.41) is 6.72. The molecule has 208 valence electrons. The topological polar surface area (TPSA) is 87.6 Å². The van der Waals surface area contributed by atoms with Crippen LogP contribution in [0.3, 0.4) is 0 Å². The van der Waals surface area contributed by atoms with Crippen molar-refractivity contribution in [2.75, 3.05) is 11.9 Å². The summed E-state index contributed by atoms with van der Waals surface area (Å²) in [4.78, 5) is 17.3. The van der Waals surface area contributed by atoms with Gasteiger partial charge in [0.1, 0.15) is 18.3 Å². The standard InChI is InChI=1S/C29H46N2O6/c1-6-7-8-9-10-11-12-13-14-17-20-33-27-26-25(35-29(4,5)36-26)24(34-27)22(3)31-37-28(32)30-23-19-16-15-18-21(23)2/h15-16,18-19,24-27H,6-14,17,20H2,1-5H3,(H,30,32)/b31-22+/t24-,25+,26+,27+/m1/s1. The van der Waals surface area contributed by atoms with E-state index in [9.17, 15) is 4.79 Å². The van der Waals surface area contributed by atoms with Crippen LogP contribution in [0.15, 0.2) is 29.4 Å². The van der Waals surface area contributed by atoms with Gasteiger partial charge in [-0.25, -0.2) is 4.79 Å². The second-order valence-corrected chi connectivity index (χ2v) is 10.6. The van der Waals surface area contributed by atoms with Gasteiger partial charge in [-0.3, -0.25) is 10.2 Å². The van der Waals surface area contributed by atoms with Gasteiger partial charge in [-0.2, -0.15) is 0 Å². The number of ether oxygens (including phenoxy) is 4. The number of nitrogens with zero attached hydrogens (tertiary/aromatic N) is 1. The first kappa shape index (κ1) is 29.6. The third-order valence-electron chi connectivity index (χ3n) is 6.86. The molecule has 8 nitrogen and oxygen atoms in total. The lowest BCUT2D eigenvalue weighted by Crippen LogP contribution is -2.34. The molecule has 0 aliphatic carbocycles. The molecule has 2 aliphatic rings. The number of carbonyl (C=O) groups is 1. The fourth-order valence-electron chi connectivity index (χ4n) is 4.83. The number of carbonyl (C=O) groups excluding carboxylic acids is 1. The number of amides is 1. The molecule has 2 aliphatic heterocycles. The number of fused-ring (bicyclic) bond motifs is 1. The maximum atomic E-state index is 12.2. The number of hydrogen-bond acceptors (Lipinski definition) is 7. The molecule has 0 spiro atoms. The number of benzene rings is 1. The second kappa shape index (κ2) is 14.8. The summed E-state index contributed by atoms with van der Waals surface area (Å²) in [7, 11) is 0. The van der Waals surface area contributed by atoms with Crippen LogP contribution in [0.25, 0.3) is 0 Å². The summed E-state index contributed by atoms with van der Waals surface area (Å²) in [5.41, 5.74) is 2.09. The molecule has 4 atom stereocenters. The van der Waals surface area contributed by atoms with Crippen LogP contribution in [0, 0.1) is 6.92 Å². The van der Waals surface area contributed by atoms with Gasteiger partial charge in [0.2, 0.25) is 0 Å². The summed E-state index contributed by atoms with van der Waals surface area (Å²) in [6.45, 7) is 10.3. The molecular formula is C29H46N2O6. The van der Waals surface area contributed by atoms with Gasteiger partial charge in [-0.15, -0.1) is 0 Å². The fourth-order valence-corrected chi connectivity index (χ4v) is 4.83. The molecular weight excluding hydrogens is 472 g/mol. The normalized spacial score (nSPS) is 24.7. The van der Waals surface area contributed by atoms with Gasteiger partial charge in [-0.1, -0.05) is 88.1 Å². The first-order chi connectivity index (χ1) is 17.8. The Morgan fingerprint density at radius 1 is 0.973 bits per heavy atom. The molecule has 0 unspecified atom stereocenters. The molecule has 0 radical (unpaired) electrons. The number of aryl methyl sites for hydroxylation is 1. The van der Waals surface area contributed by atoms with Crippen LogP contribution in [0.2, 0.25) is 0 Å². The maximum Gasteiger partial charge on any atom is 0.437 e. The quantitative estimate of drug-likeness (QED) is 0.115. The number of oxime groups is 1. The third kappa shape index (κ3) is 9.36. The summed E-state index contributed by atoms with van der Waals surface area (Å²) in [6, 6.07) is 7.46.